The van der Waals surface area contributed by atoms with E-state index in [2.05, 4.69) is 20.8 Å². The highest BCUT2D eigenvalue weighted by Gasteiger charge is 2.59. The Morgan fingerprint density at radius 3 is 1.73 bits per heavy atom. The van der Waals surface area contributed by atoms with Gasteiger partial charge in [0, 0.05) is 47.2 Å². The molecule has 2 saturated heterocycles. The predicted octanol–water partition coefficient (Wildman–Crippen LogP) is 4.98. The Morgan fingerprint density at radius 2 is 1.18 bits per heavy atom. The SMILES string of the molecule is CCCCOCC1O[C@](C)(O[C@H]2OC(COC(C)=O)[C@@H](OC(C)=O)C(F)C2OC(C)=O)C(OCCCC)C(OCCCC)[C@@H]1OCCCC. The molecule has 2 fully saturated rings. The van der Waals surface area contributed by atoms with E-state index in [0.717, 1.165) is 65.2 Å². The summed E-state index contributed by atoms with van der Waals surface area (Å²) in [5, 5.41) is 0. The summed E-state index contributed by atoms with van der Waals surface area (Å²) in [6.07, 6.45) is -4.36. The first-order valence-corrected chi connectivity index (χ1v) is 18.0. The molecule has 0 bridgehead atoms. The molecule has 0 saturated carbocycles. The lowest BCUT2D eigenvalue weighted by molar-refractivity contribution is -0.422. The van der Waals surface area contributed by atoms with Gasteiger partial charge < -0.3 is 47.4 Å². The molecule has 0 N–H and O–H groups in total. The Balaban J connectivity index is 2.61. The van der Waals surface area contributed by atoms with E-state index in [9.17, 15) is 14.4 Å². The minimum absolute atomic E-state index is 0.152. The van der Waals surface area contributed by atoms with E-state index in [1.807, 2.05) is 6.92 Å². The van der Waals surface area contributed by atoms with Crippen LogP contribution in [0.2, 0.25) is 0 Å². The molecule has 6 unspecified atom stereocenters. The number of hydrogen-bond donors (Lipinski definition) is 0. The molecule has 0 amide bonds. The predicted molar refractivity (Wildman–Crippen MR) is 175 cm³/mol. The van der Waals surface area contributed by atoms with Crippen LogP contribution in [-0.2, 0) is 61.8 Å². The summed E-state index contributed by atoms with van der Waals surface area (Å²) >= 11 is 0. The quantitative estimate of drug-likeness (QED) is 0.0801. The molecule has 0 aliphatic carbocycles. The highest BCUT2D eigenvalue weighted by Crippen LogP contribution is 2.40. The molecule has 0 radical (unpaired) electrons. The first-order chi connectivity index (χ1) is 23.4. The third-order valence-corrected chi connectivity index (χ3v) is 8.20. The first-order valence-electron chi connectivity index (χ1n) is 18.0. The standard InChI is InChI=1S/C35H61FO13/c1-9-13-17-40-21-27-30(41-18-14-10-2)32(42-19-15-11-3)33(43-20-16-12-4)35(8,48-27)49-34-31(46-25(7)39)28(36)29(45-24(6)38)26(47-34)22-44-23(5)37/h26-34H,9-22H2,1-8H3/t26?,27?,28?,29-,30-,31?,32?,33?,34-,35-/m1/s1. The van der Waals surface area contributed by atoms with E-state index in [-0.39, 0.29) is 6.61 Å². The molecule has 13 nitrogen and oxygen atoms in total. The van der Waals surface area contributed by atoms with Gasteiger partial charge in [0.25, 0.3) is 0 Å². The second kappa shape index (κ2) is 22.8. The lowest BCUT2D eigenvalue weighted by atomic mass is 9.92. The van der Waals surface area contributed by atoms with Crippen molar-refractivity contribution in [1.29, 1.82) is 0 Å². The van der Waals surface area contributed by atoms with Gasteiger partial charge in [-0.05, 0) is 32.6 Å². The second-order valence-corrected chi connectivity index (χ2v) is 12.7. The third kappa shape index (κ3) is 14.0. The molecule has 14 heteroatoms. The molecule has 2 heterocycles. The Labute approximate surface area is 291 Å². The van der Waals surface area contributed by atoms with Crippen LogP contribution in [0.5, 0.6) is 0 Å². The molecule has 286 valence electrons. The highest BCUT2D eigenvalue weighted by molar-refractivity contribution is 5.67. The smallest absolute Gasteiger partial charge is 0.303 e. The van der Waals surface area contributed by atoms with E-state index >= 15 is 4.39 Å². The van der Waals surface area contributed by atoms with Gasteiger partial charge >= 0.3 is 17.9 Å². The van der Waals surface area contributed by atoms with Gasteiger partial charge in [-0.3, -0.25) is 14.4 Å². The lowest BCUT2D eigenvalue weighted by Gasteiger charge is -2.53. The lowest BCUT2D eigenvalue weighted by Crippen LogP contribution is -2.70. The summed E-state index contributed by atoms with van der Waals surface area (Å²) in [4.78, 5) is 35.9. The van der Waals surface area contributed by atoms with Crippen LogP contribution < -0.4 is 0 Å². The van der Waals surface area contributed by atoms with E-state index in [4.69, 9.17) is 47.4 Å². The van der Waals surface area contributed by atoms with Crippen LogP contribution in [0, 0.1) is 0 Å². The van der Waals surface area contributed by atoms with Crippen LogP contribution in [0.4, 0.5) is 4.39 Å². The monoisotopic (exact) mass is 708 g/mol. The van der Waals surface area contributed by atoms with Crippen molar-refractivity contribution in [1.82, 2.24) is 0 Å². The van der Waals surface area contributed by atoms with Gasteiger partial charge in [0.05, 0.1) is 6.61 Å². The van der Waals surface area contributed by atoms with Crippen molar-refractivity contribution >= 4 is 17.9 Å². The van der Waals surface area contributed by atoms with Crippen LogP contribution in [0.25, 0.3) is 0 Å². The fourth-order valence-electron chi connectivity index (χ4n) is 5.67. The zero-order chi connectivity index (χ0) is 36.4. The Kier molecular flexibility index (Phi) is 20.1. The number of alkyl halides is 1. The second-order valence-electron chi connectivity index (χ2n) is 12.7. The fourth-order valence-corrected chi connectivity index (χ4v) is 5.67. The Morgan fingerprint density at radius 1 is 0.653 bits per heavy atom. The van der Waals surface area contributed by atoms with Crippen molar-refractivity contribution in [2.75, 3.05) is 39.6 Å². The van der Waals surface area contributed by atoms with Crippen molar-refractivity contribution < 1.29 is 66.1 Å². The highest BCUT2D eigenvalue weighted by atomic mass is 19.1. The minimum atomic E-state index is -2.12. The van der Waals surface area contributed by atoms with E-state index in [0.29, 0.717) is 26.4 Å². The van der Waals surface area contributed by atoms with Gasteiger partial charge in [-0.1, -0.05) is 53.4 Å². The average Bonchev–Trinajstić information content (AvgIpc) is 3.03. The first kappa shape index (κ1) is 43.2. The molecule has 0 spiro atoms. The molecule has 10 atom stereocenters. The molecule has 0 aromatic rings. The van der Waals surface area contributed by atoms with E-state index in [1.165, 1.54) is 6.92 Å². The molecule has 2 aliphatic heterocycles. The fraction of sp³-hybridized carbons (Fsp3) is 0.914. The van der Waals surface area contributed by atoms with Crippen LogP contribution in [0.15, 0.2) is 0 Å². The third-order valence-electron chi connectivity index (χ3n) is 8.20. The molecular formula is C35H61FO13. The number of carbonyl (C=O) groups is 3. The molecule has 2 rings (SSSR count). The van der Waals surface area contributed by atoms with Crippen LogP contribution in [0.3, 0.4) is 0 Å². The number of hydrogen-bond acceptors (Lipinski definition) is 13. The molecule has 49 heavy (non-hydrogen) atoms. The summed E-state index contributed by atoms with van der Waals surface area (Å²) in [6, 6.07) is 0. The van der Waals surface area contributed by atoms with Crippen molar-refractivity contribution in [3.05, 3.63) is 0 Å². The maximum Gasteiger partial charge on any atom is 0.303 e. The molecular weight excluding hydrogens is 647 g/mol. The normalized spacial score (nSPS) is 31.7. The number of unbranched alkanes of at least 4 members (excludes halogenated alkanes) is 4. The largest absolute Gasteiger partial charge is 0.463 e. The van der Waals surface area contributed by atoms with Gasteiger partial charge in [-0.25, -0.2) is 4.39 Å². The molecule has 0 aromatic heterocycles. The van der Waals surface area contributed by atoms with Crippen molar-refractivity contribution in [3.8, 4) is 0 Å². The van der Waals surface area contributed by atoms with Crippen molar-refractivity contribution in [2.24, 2.45) is 0 Å². The van der Waals surface area contributed by atoms with Crippen LogP contribution >= 0.6 is 0 Å². The number of carbonyl (C=O) groups excluding carboxylic acids is 3. The zero-order valence-electron chi connectivity index (χ0n) is 30.8. The van der Waals surface area contributed by atoms with Gasteiger partial charge in [-0.15, -0.1) is 0 Å². The molecule has 2 aliphatic rings. The van der Waals surface area contributed by atoms with E-state index in [1.54, 1.807) is 6.92 Å². The number of rotatable bonds is 23. The van der Waals surface area contributed by atoms with E-state index < -0.39 is 85.5 Å². The van der Waals surface area contributed by atoms with Crippen molar-refractivity contribution in [3.63, 3.8) is 0 Å². The average molecular weight is 709 g/mol. The maximum absolute atomic E-state index is 16.3. The van der Waals surface area contributed by atoms with Gasteiger partial charge in [0.15, 0.2) is 24.2 Å². The molecule has 0 aromatic carbocycles. The van der Waals surface area contributed by atoms with Crippen LogP contribution in [-0.4, -0.2) is 119 Å². The summed E-state index contributed by atoms with van der Waals surface area (Å²) in [6.45, 7) is 14.7. The summed E-state index contributed by atoms with van der Waals surface area (Å²) in [5.41, 5.74) is 0. The minimum Gasteiger partial charge on any atom is -0.463 e. The number of ether oxygens (including phenoxy) is 10. The zero-order valence-corrected chi connectivity index (χ0v) is 30.8. The number of halogens is 1. The summed E-state index contributed by atoms with van der Waals surface area (Å²) < 4.78 is 77.0. The van der Waals surface area contributed by atoms with Gasteiger partial charge in [-0.2, -0.15) is 0 Å². The summed E-state index contributed by atoms with van der Waals surface area (Å²) in [5.74, 6) is -3.96. The maximum atomic E-state index is 16.3. The van der Waals surface area contributed by atoms with Gasteiger partial charge in [0.2, 0.25) is 6.29 Å². The van der Waals surface area contributed by atoms with Gasteiger partial charge in [0.1, 0.15) is 37.1 Å². The summed E-state index contributed by atoms with van der Waals surface area (Å²) in [7, 11) is 0. The number of esters is 3. The Hall–Kier alpha value is -1.94. The van der Waals surface area contributed by atoms with Crippen LogP contribution in [0.1, 0.15) is 107 Å². The topological polar surface area (TPSA) is 144 Å². The Bertz CT molecular complexity index is 968. The van der Waals surface area contributed by atoms with Crippen molar-refractivity contribution in [2.45, 2.75) is 168 Å².